The van der Waals surface area contributed by atoms with Crippen LogP contribution in [-0.4, -0.2) is 11.6 Å². The number of esters is 1. The van der Waals surface area contributed by atoms with Gasteiger partial charge in [0.2, 0.25) is 0 Å². The predicted octanol–water partition coefficient (Wildman–Crippen LogP) is 5.72. The largest absolute Gasteiger partial charge is 0.464 e. The first-order chi connectivity index (χ1) is 12.0. The minimum atomic E-state index is -0.455. The van der Waals surface area contributed by atoms with E-state index in [2.05, 4.69) is 44.7 Å². The smallest absolute Gasteiger partial charge is 0.307 e. The zero-order chi connectivity index (χ0) is 19.4. The molecule has 0 saturated heterocycles. The molecule has 0 aliphatic rings. The zero-order valence-corrected chi connectivity index (χ0v) is 16.6. The van der Waals surface area contributed by atoms with Gasteiger partial charge in [0, 0.05) is 17.5 Å². The van der Waals surface area contributed by atoms with Crippen LogP contribution in [-0.2, 0) is 14.9 Å². The molecule has 0 spiro atoms. The van der Waals surface area contributed by atoms with Gasteiger partial charge in [-0.3, -0.25) is 4.79 Å². The van der Waals surface area contributed by atoms with E-state index in [4.69, 9.17) is 9.15 Å². The Kier molecular flexibility index (Phi) is 5.97. The summed E-state index contributed by atoms with van der Waals surface area (Å²) in [4.78, 5) is 11.8. The van der Waals surface area contributed by atoms with Crippen molar-refractivity contribution in [2.24, 2.45) is 0 Å². The molecule has 138 valence electrons. The van der Waals surface area contributed by atoms with Gasteiger partial charge in [0.15, 0.2) is 0 Å². The Balaban J connectivity index is 2.17. The number of ether oxygens (including phenoxy) is 1. The Morgan fingerprint density at radius 2 is 1.85 bits per heavy atom. The Hall–Kier alpha value is -2.47. The third kappa shape index (κ3) is 6.11. The molecule has 1 heterocycles. The zero-order valence-electron chi connectivity index (χ0n) is 16.6. The lowest BCUT2D eigenvalue weighted by Gasteiger charge is -2.20. The number of hydrogen-bond acceptors (Lipinski definition) is 3. The molecule has 0 N–H and O–H groups in total. The fourth-order valence-corrected chi connectivity index (χ4v) is 2.44. The predicted molar refractivity (Wildman–Crippen MR) is 105 cm³/mol. The molecule has 3 nitrogen and oxygen atoms in total. The van der Waals surface area contributed by atoms with Gasteiger partial charge in [-0.1, -0.05) is 32.6 Å². The molecule has 2 rings (SSSR count). The minimum absolute atomic E-state index is 0.00947. The van der Waals surface area contributed by atoms with Crippen LogP contribution in [0.15, 0.2) is 41.0 Å². The summed E-state index contributed by atoms with van der Waals surface area (Å²) in [5, 5.41) is 0. The topological polar surface area (TPSA) is 39.4 Å². The van der Waals surface area contributed by atoms with Crippen LogP contribution >= 0.6 is 0 Å². The summed E-state index contributed by atoms with van der Waals surface area (Å²) in [6, 6.07) is 10.1. The van der Waals surface area contributed by atoms with Crippen LogP contribution in [0.5, 0.6) is 0 Å². The second-order valence-electron chi connectivity index (χ2n) is 8.41. The number of hydrogen-bond donors (Lipinski definition) is 0. The second kappa shape index (κ2) is 7.83. The van der Waals surface area contributed by atoms with E-state index in [-0.39, 0.29) is 11.4 Å². The quantitative estimate of drug-likeness (QED) is 0.524. The molecule has 0 unspecified atom stereocenters. The Labute approximate surface area is 156 Å². The van der Waals surface area contributed by atoms with Crippen LogP contribution in [0.1, 0.15) is 65.5 Å². The molecule has 0 aliphatic carbocycles. The van der Waals surface area contributed by atoms with Gasteiger partial charge in [-0.2, -0.15) is 0 Å². The Bertz CT molecular complexity index is 804. The van der Waals surface area contributed by atoms with Crippen molar-refractivity contribution in [3.05, 3.63) is 47.7 Å². The average Bonchev–Trinajstić information content (AvgIpc) is 3.03. The summed E-state index contributed by atoms with van der Waals surface area (Å²) in [6.07, 6.45) is 2.45. The third-order valence-electron chi connectivity index (χ3n) is 3.71. The van der Waals surface area contributed by atoms with Crippen molar-refractivity contribution in [3.63, 3.8) is 0 Å². The van der Waals surface area contributed by atoms with Crippen LogP contribution in [0.4, 0.5) is 0 Å². The molecule has 0 saturated carbocycles. The van der Waals surface area contributed by atoms with Crippen LogP contribution in [0.2, 0.25) is 0 Å². The van der Waals surface area contributed by atoms with E-state index in [0.717, 1.165) is 16.9 Å². The van der Waals surface area contributed by atoms with Crippen LogP contribution in [0.3, 0.4) is 0 Å². The maximum atomic E-state index is 11.8. The van der Waals surface area contributed by atoms with E-state index in [1.807, 2.05) is 39.0 Å². The molecular weight excluding hydrogens is 324 g/mol. The van der Waals surface area contributed by atoms with Gasteiger partial charge in [0.25, 0.3) is 0 Å². The van der Waals surface area contributed by atoms with Gasteiger partial charge in [0.1, 0.15) is 11.4 Å². The average molecular weight is 352 g/mol. The third-order valence-corrected chi connectivity index (χ3v) is 3.71. The number of rotatable bonds is 3. The molecule has 3 heteroatoms. The first-order valence-corrected chi connectivity index (χ1v) is 8.95. The maximum absolute atomic E-state index is 11.8. The molecule has 26 heavy (non-hydrogen) atoms. The van der Waals surface area contributed by atoms with Gasteiger partial charge >= 0.3 is 5.97 Å². The van der Waals surface area contributed by atoms with Gasteiger partial charge in [-0.25, -0.2) is 0 Å². The molecule has 2 aromatic rings. The summed E-state index contributed by atoms with van der Waals surface area (Å²) in [5.74, 6) is 6.88. The molecule has 0 amide bonds. The molecule has 0 radical (unpaired) electrons. The summed E-state index contributed by atoms with van der Waals surface area (Å²) in [5.41, 5.74) is 2.69. The van der Waals surface area contributed by atoms with E-state index in [9.17, 15) is 4.79 Å². The molecule has 0 aliphatic heterocycles. The van der Waals surface area contributed by atoms with E-state index in [1.54, 1.807) is 6.26 Å². The van der Waals surface area contributed by atoms with E-state index in [0.29, 0.717) is 12.8 Å². The van der Waals surface area contributed by atoms with Gasteiger partial charge < -0.3 is 9.15 Å². The Morgan fingerprint density at radius 1 is 1.12 bits per heavy atom. The van der Waals surface area contributed by atoms with E-state index < -0.39 is 5.60 Å². The molecule has 0 fully saturated rings. The van der Waals surface area contributed by atoms with Crippen molar-refractivity contribution in [1.29, 1.82) is 0 Å². The highest BCUT2D eigenvalue weighted by molar-refractivity contribution is 5.70. The normalized spacial score (nSPS) is 11.6. The number of benzene rings is 1. The lowest BCUT2D eigenvalue weighted by atomic mass is 9.85. The molecule has 0 atom stereocenters. The standard InChI is InChI=1S/C23H28O3/c1-22(2,3)19-15-17(14-18(16-19)20-11-9-13-25-20)10-7-8-12-21(24)26-23(4,5)6/h9,11,13-16H,8,12H2,1-6H3. The molecule has 0 bridgehead atoms. The van der Waals surface area contributed by atoms with Gasteiger partial charge in [0.05, 0.1) is 12.7 Å². The maximum Gasteiger partial charge on any atom is 0.307 e. The van der Waals surface area contributed by atoms with Crippen molar-refractivity contribution >= 4 is 5.97 Å². The summed E-state index contributed by atoms with van der Waals surface area (Å²) in [7, 11) is 0. The van der Waals surface area contributed by atoms with Crippen molar-refractivity contribution < 1.29 is 13.9 Å². The van der Waals surface area contributed by atoms with Gasteiger partial charge in [-0.15, -0.1) is 0 Å². The molecule has 1 aromatic heterocycles. The van der Waals surface area contributed by atoms with Crippen LogP contribution < -0.4 is 0 Å². The van der Waals surface area contributed by atoms with Gasteiger partial charge in [-0.05, 0) is 62.1 Å². The highest BCUT2D eigenvalue weighted by atomic mass is 16.6. The monoisotopic (exact) mass is 352 g/mol. The number of furan rings is 1. The SMILES string of the molecule is CC(C)(C)OC(=O)CCC#Cc1cc(-c2ccco2)cc(C(C)(C)C)c1. The van der Waals surface area contributed by atoms with Crippen molar-refractivity contribution in [2.45, 2.75) is 65.4 Å². The first-order valence-electron chi connectivity index (χ1n) is 8.95. The Morgan fingerprint density at radius 3 is 2.42 bits per heavy atom. The second-order valence-corrected chi connectivity index (χ2v) is 8.41. The highest BCUT2D eigenvalue weighted by Gasteiger charge is 2.17. The van der Waals surface area contributed by atoms with Crippen molar-refractivity contribution in [3.8, 4) is 23.2 Å². The van der Waals surface area contributed by atoms with Crippen molar-refractivity contribution in [2.75, 3.05) is 0 Å². The van der Waals surface area contributed by atoms with E-state index >= 15 is 0 Å². The molecule has 1 aromatic carbocycles. The van der Waals surface area contributed by atoms with Crippen molar-refractivity contribution in [1.82, 2.24) is 0 Å². The van der Waals surface area contributed by atoms with Crippen LogP contribution in [0, 0.1) is 11.8 Å². The molecular formula is C23H28O3. The fraction of sp³-hybridized carbons (Fsp3) is 0.435. The van der Waals surface area contributed by atoms with Crippen LogP contribution in [0.25, 0.3) is 11.3 Å². The minimum Gasteiger partial charge on any atom is -0.464 e. The number of carbonyl (C=O) groups is 1. The summed E-state index contributed by atoms with van der Waals surface area (Å²) >= 11 is 0. The highest BCUT2D eigenvalue weighted by Crippen LogP contribution is 2.29. The van der Waals surface area contributed by atoms with E-state index in [1.165, 1.54) is 5.56 Å². The fourth-order valence-electron chi connectivity index (χ4n) is 2.44. The first kappa shape index (κ1) is 19.8. The lowest BCUT2D eigenvalue weighted by molar-refractivity contribution is -0.154. The number of carbonyl (C=O) groups excluding carboxylic acids is 1. The summed E-state index contributed by atoms with van der Waals surface area (Å²) in [6.45, 7) is 12.1. The summed E-state index contributed by atoms with van der Waals surface area (Å²) < 4.78 is 10.8. The lowest BCUT2D eigenvalue weighted by Crippen LogP contribution is -2.23.